The molecule has 3 aromatic rings. The summed E-state index contributed by atoms with van der Waals surface area (Å²) < 4.78 is 6.97. The van der Waals surface area contributed by atoms with E-state index in [4.69, 9.17) is 15.1 Å². The maximum Gasteiger partial charge on any atom is 0.223 e. The van der Waals surface area contributed by atoms with Crippen molar-refractivity contribution in [2.24, 2.45) is 4.99 Å². The summed E-state index contributed by atoms with van der Waals surface area (Å²) in [7, 11) is 1.64. The van der Waals surface area contributed by atoms with Crippen LogP contribution in [0.25, 0.3) is 0 Å². The predicted octanol–water partition coefficient (Wildman–Crippen LogP) is 4.30. The number of hydrogen-bond acceptors (Lipinski definition) is 4. The molecule has 0 aliphatic carbocycles. The highest BCUT2D eigenvalue weighted by Crippen LogP contribution is 2.19. The lowest BCUT2D eigenvalue weighted by atomic mass is 10.2. The van der Waals surface area contributed by atoms with Crippen molar-refractivity contribution in [3.05, 3.63) is 70.5 Å². The molecule has 6 heteroatoms. The van der Waals surface area contributed by atoms with Crippen molar-refractivity contribution < 1.29 is 4.74 Å². The highest BCUT2D eigenvalue weighted by atomic mass is 32.1. The van der Waals surface area contributed by atoms with Gasteiger partial charge in [0, 0.05) is 10.6 Å². The summed E-state index contributed by atoms with van der Waals surface area (Å²) in [6.45, 7) is 4.03. The Hall–Kier alpha value is -2.86. The van der Waals surface area contributed by atoms with E-state index in [1.165, 1.54) is 11.5 Å². The van der Waals surface area contributed by atoms with E-state index < -0.39 is 0 Å². The first-order valence-electron chi connectivity index (χ1n) is 7.86. The molecule has 0 bridgehead atoms. The summed E-state index contributed by atoms with van der Waals surface area (Å²) in [5, 5.41) is 11.5. The normalized spacial score (nSPS) is 11.4. The van der Waals surface area contributed by atoms with Crippen LogP contribution in [0.2, 0.25) is 0 Å². The molecule has 0 saturated carbocycles. The summed E-state index contributed by atoms with van der Waals surface area (Å²) in [4.78, 5) is 5.76. The Kier molecular flexibility index (Phi) is 5.00. The molecular formula is C19H20N4OS. The Morgan fingerprint density at radius 1 is 1.12 bits per heavy atom. The van der Waals surface area contributed by atoms with E-state index >= 15 is 0 Å². The largest absolute Gasteiger partial charge is 0.497 e. The molecule has 2 N–H and O–H groups in total. The SMILES string of the molecule is COc1ccc(N=C(Nc2cccc(C)c2)n2sc(C)cc2=N)cc1. The Morgan fingerprint density at radius 3 is 2.48 bits per heavy atom. The molecule has 0 aliphatic heterocycles. The van der Waals surface area contributed by atoms with E-state index in [-0.39, 0.29) is 0 Å². The van der Waals surface area contributed by atoms with Crippen LogP contribution >= 0.6 is 11.5 Å². The number of nitrogens with zero attached hydrogens (tertiary/aromatic N) is 2. The van der Waals surface area contributed by atoms with Gasteiger partial charge in [0.05, 0.1) is 12.8 Å². The molecule has 128 valence electrons. The van der Waals surface area contributed by atoms with Gasteiger partial charge in [-0.05, 0) is 61.9 Å². The van der Waals surface area contributed by atoms with Gasteiger partial charge in [0.1, 0.15) is 11.2 Å². The number of benzene rings is 2. The standard InChI is InChI=1S/C19H20N4OS/c1-13-5-4-6-16(11-13)22-19(23-18(20)12-14(2)25-23)21-15-7-9-17(24-3)10-8-15/h4-12,20H,1-3H3,(H,21,22). The van der Waals surface area contributed by atoms with Crippen molar-refractivity contribution in [3.8, 4) is 5.75 Å². The van der Waals surface area contributed by atoms with Gasteiger partial charge in [0.25, 0.3) is 0 Å². The van der Waals surface area contributed by atoms with Crippen molar-refractivity contribution in [1.82, 2.24) is 3.96 Å². The summed E-state index contributed by atoms with van der Waals surface area (Å²) in [6, 6.07) is 17.4. The Labute approximate surface area is 150 Å². The van der Waals surface area contributed by atoms with Crippen molar-refractivity contribution in [3.63, 3.8) is 0 Å². The van der Waals surface area contributed by atoms with E-state index in [1.807, 2.05) is 68.4 Å². The van der Waals surface area contributed by atoms with E-state index in [0.29, 0.717) is 11.4 Å². The number of rotatable bonds is 3. The van der Waals surface area contributed by atoms with Crippen LogP contribution in [0.15, 0.2) is 59.6 Å². The van der Waals surface area contributed by atoms with E-state index in [2.05, 4.69) is 5.32 Å². The fourth-order valence-electron chi connectivity index (χ4n) is 2.38. The first-order valence-corrected chi connectivity index (χ1v) is 8.64. The molecule has 0 aliphatic rings. The quantitative estimate of drug-likeness (QED) is 0.545. The average Bonchev–Trinajstić information content (AvgIpc) is 2.93. The Morgan fingerprint density at radius 2 is 1.88 bits per heavy atom. The van der Waals surface area contributed by atoms with Gasteiger partial charge in [0.2, 0.25) is 5.96 Å². The first kappa shape index (κ1) is 17.0. The van der Waals surface area contributed by atoms with Crippen LogP contribution in [0, 0.1) is 19.3 Å². The highest BCUT2D eigenvalue weighted by molar-refractivity contribution is 7.07. The van der Waals surface area contributed by atoms with Crippen molar-refractivity contribution in [2.45, 2.75) is 13.8 Å². The molecule has 3 rings (SSSR count). The van der Waals surface area contributed by atoms with Gasteiger partial charge < -0.3 is 10.1 Å². The van der Waals surface area contributed by atoms with Gasteiger partial charge in [0.15, 0.2) is 0 Å². The van der Waals surface area contributed by atoms with Gasteiger partial charge in [-0.25, -0.2) is 8.95 Å². The minimum Gasteiger partial charge on any atom is -0.497 e. The molecule has 0 amide bonds. The number of anilines is 1. The molecule has 0 spiro atoms. The first-order chi connectivity index (χ1) is 12.0. The van der Waals surface area contributed by atoms with Crippen LogP contribution in [0.4, 0.5) is 11.4 Å². The third-order valence-corrected chi connectivity index (χ3v) is 4.53. The second-order valence-electron chi connectivity index (χ2n) is 5.65. The Bertz CT molecular complexity index is 954. The minimum atomic E-state index is 0.398. The number of methoxy groups -OCH3 is 1. The molecule has 0 atom stereocenters. The second kappa shape index (κ2) is 7.36. The summed E-state index contributed by atoms with van der Waals surface area (Å²) in [5.41, 5.74) is 3.28. The lowest BCUT2D eigenvalue weighted by Gasteiger charge is -2.11. The average molecular weight is 352 g/mol. The molecule has 1 aromatic heterocycles. The zero-order valence-electron chi connectivity index (χ0n) is 14.4. The van der Waals surface area contributed by atoms with Crippen molar-refractivity contribution in [2.75, 3.05) is 12.4 Å². The number of aromatic nitrogens is 1. The maximum absolute atomic E-state index is 8.19. The fraction of sp³-hybridized carbons (Fsp3) is 0.158. The van der Waals surface area contributed by atoms with Gasteiger partial charge in [-0.1, -0.05) is 23.7 Å². The molecule has 0 fully saturated rings. The van der Waals surface area contributed by atoms with E-state index in [1.54, 1.807) is 11.1 Å². The lowest BCUT2D eigenvalue weighted by Crippen LogP contribution is -2.28. The monoisotopic (exact) mass is 352 g/mol. The van der Waals surface area contributed by atoms with Crippen LogP contribution in [-0.4, -0.2) is 17.0 Å². The summed E-state index contributed by atoms with van der Waals surface area (Å²) in [5.74, 6) is 1.38. The maximum atomic E-state index is 8.19. The van der Waals surface area contributed by atoms with Gasteiger partial charge >= 0.3 is 0 Å². The molecular weight excluding hydrogens is 332 g/mol. The lowest BCUT2D eigenvalue weighted by molar-refractivity contribution is 0.415. The van der Waals surface area contributed by atoms with Crippen molar-refractivity contribution >= 4 is 28.9 Å². The summed E-state index contributed by atoms with van der Waals surface area (Å²) in [6.07, 6.45) is 0. The van der Waals surface area contributed by atoms with E-state index in [0.717, 1.165) is 27.6 Å². The predicted molar refractivity (Wildman–Crippen MR) is 103 cm³/mol. The molecule has 1 heterocycles. The molecule has 0 radical (unpaired) electrons. The number of ether oxygens (including phenoxy) is 1. The molecule has 0 saturated heterocycles. The summed E-state index contributed by atoms with van der Waals surface area (Å²) >= 11 is 1.48. The van der Waals surface area contributed by atoms with Gasteiger partial charge in [-0.15, -0.1) is 0 Å². The fourth-order valence-corrected chi connectivity index (χ4v) is 3.16. The number of aliphatic imine (C=N–C) groups is 1. The molecule has 0 unspecified atom stereocenters. The minimum absolute atomic E-state index is 0.398. The van der Waals surface area contributed by atoms with Gasteiger partial charge in [-0.2, -0.15) is 0 Å². The van der Waals surface area contributed by atoms with E-state index in [9.17, 15) is 0 Å². The highest BCUT2D eigenvalue weighted by Gasteiger charge is 2.08. The van der Waals surface area contributed by atoms with Crippen LogP contribution in [-0.2, 0) is 0 Å². The molecule has 25 heavy (non-hydrogen) atoms. The van der Waals surface area contributed by atoms with Crippen molar-refractivity contribution in [1.29, 1.82) is 5.41 Å². The number of hydrogen-bond donors (Lipinski definition) is 2. The van der Waals surface area contributed by atoms with Crippen LogP contribution in [0.1, 0.15) is 10.4 Å². The van der Waals surface area contributed by atoms with Gasteiger partial charge in [-0.3, -0.25) is 5.41 Å². The molecule has 2 aromatic carbocycles. The van der Waals surface area contributed by atoms with Crippen LogP contribution < -0.4 is 15.5 Å². The zero-order valence-corrected chi connectivity index (χ0v) is 15.2. The number of nitrogens with one attached hydrogen (secondary N) is 2. The topological polar surface area (TPSA) is 62.4 Å². The molecule has 5 nitrogen and oxygen atoms in total. The third-order valence-electron chi connectivity index (χ3n) is 3.57. The third kappa shape index (κ3) is 4.16. The van der Waals surface area contributed by atoms with Crippen LogP contribution in [0.3, 0.4) is 0 Å². The Balaban J connectivity index is 2.03. The van der Waals surface area contributed by atoms with Crippen LogP contribution in [0.5, 0.6) is 5.75 Å². The second-order valence-corrected chi connectivity index (χ2v) is 6.85. The smallest absolute Gasteiger partial charge is 0.223 e. The zero-order chi connectivity index (χ0) is 17.8. The number of aryl methyl sites for hydroxylation is 2.